The van der Waals surface area contributed by atoms with Crippen molar-refractivity contribution >= 4 is 11.9 Å². The van der Waals surface area contributed by atoms with Gasteiger partial charge in [-0.05, 0) is 64.2 Å². The van der Waals surface area contributed by atoms with Gasteiger partial charge < -0.3 is 45.1 Å². The van der Waals surface area contributed by atoms with Crippen molar-refractivity contribution in [2.75, 3.05) is 13.2 Å². The minimum atomic E-state index is -1.64. The van der Waals surface area contributed by atoms with Crippen LogP contribution in [0.2, 0.25) is 0 Å². The highest BCUT2D eigenvalue weighted by atomic mass is 16.7. The van der Waals surface area contributed by atoms with E-state index in [1.54, 1.807) is 6.08 Å². The Balaban J connectivity index is 2.73. The summed E-state index contributed by atoms with van der Waals surface area (Å²) in [5, 5.41) is 56.8. The van der Waals surface area contributed by atoms with Crippen LogP contribution in [-0.2, 0) is 23.8 Å². The van der Waals surface area contributed by atoms with Gasteiger partial charge in [0, 0.05) is 6.42 Å². The molecule has 11 heteroatoms. The van der Waals surface area contributed by atoms with Crippen LogP contribution in [0.1, 0.15) is 245 Å². The standard InChI is InChI=1S/C62H109NO10/c1-4-7-10-13-16-19-22-24-26-28-30-32-35-38-41-44-47-50-57(67)73-60-59(69)58(68)56(51-64)72-62(60)71-52-53(54(65)48-45-42-39-36-33-21-18-15-12-9-6-3)63-61(70)55(66)49-46-43-40-37-34-31-29-27-25-23-20-17-14-11-8-5-2/h7,10,16,19,24,26,30,32,38,41,45,48,53-56,58-60,62,64-66,68-69H,4-6,8-9,11-15,17-18,20-23,25,27-29,31,33-37,39-40,42-44,46-47,49-52H2,1-3H3,(H,63,70)/b10-7-,19-16-,26-24-,32-30-,41-38-,48-45+. The second kappa shape index (κ2) is 49.9. The third kappa shape index (κ3) is 38.3. The molecule has 0 radical (unpaired) electrons. The van der Waals surface area contributed by atoms with Crippen LogP contribution >= 0.6 is 0 Å². The average Bonchev–Trinajstić information content (AvgIpc) is 3.39. The summed E-state index contributed by atoms with van der Waals surface area (Å²) in [6, 6.07) is -1.03. The highest BCUT2D eigenvalue weighted by molar-refractivity contribution is 5.80. The van der Waals surface area contributed by atoms with Crippen LogP contribution in [0, 0.1) is 0 Å². The van der Waals surface area contributed by atoms with Crippen LogP contribution in [0.15, 0.2) is 72.9 Å². The lowest BCUT2D eigenvalue weighted by molar-refractivity contribution is -0.305. The summed E-state index contributed by atoms with van der Waals surface area (Å²) in [6.45, 7) is 5.64. The normalized spacial score (nSPS) is 19.9. The number of aliphatic hydroxyl groups excluding tert-OH is 5. The maximum absolute atomic E-state index is 13.4. The first-order valence-electron chi connectivity index (χ1n) is 29.7. The molecule has 11 nitrogen and oxygen atoms in total. The van der Waals surface area contributed by atoms with Gasteiger partial charge in [-0.2, -0.15) is 0 Å². The summed E-state index contributed by atoms with van der Waals surface area (Å²) >= 11 is 0. The van der Waals surface area contributed by atoms with Crippen LogP contribution in [0.5, 0.6) is 0 Å². The van der Waals surface area contributed by atoms with E-state index in [1.165, 1.54) is 122 Å². The molecule has 73 heavy (non-hydrogen) atoms. The second-order valence-corrected chi connectivity index (χ2v) is 20.4. The summed E-state index contributed by atoms with van der Waals surface area (Å²) in [5.41, 5.74) is 0. The van der Waals surface area contributed by atoms with Gasteiger partial charge in [-0.25, -0.2) is 0 Å². The van der Waals surface area contributed by atoms with Gasteiger partial charge in [-0.3, -0.25) is 9.59 Å². The zero-order valence-corrected chi connectivity index (χ0v) is 46.5. The molecule has 1 aliphatic heterocycles. The number of carbonyl (C=O) groups excluding carboxylic acids is 2. The number of ether oxygens (including phenoxy) is 3. The SMILES string of the molecule is CC/C=C\C/C=C\C/C=C\C/C=C\C/C=C\CCCC(=O)OC1C(OCC(NC(=O)C(O)CCCCCCCCCCCCCCCCCC)C(O)/C=C/CCCCCCCCCCC)OC(CO)C(O)C1O. The van der Waals surface area contributed by atoms with Crippen molar-refractivity contribution in [2.24, 2.45) is 0 Å². The lowest BCUT2D eigenvalue weighted by Crippen LogP contribution is -2.61. The van der Waals surface area contributed by atoms with Gasteiger partial charge in [0.15, 0.2) is 12.4 Å². The number of hydrogen-bond acceptors (Lipinski definition) is 10. The molecule has 8 unspecified atom stereocenters. The molecule has 0 aromatic carbocycles. The molecule has 0 aromatic heterocycles. The van der Waals surface area contributed by atoms with E-state index in [1.807, 2.05) is 18.2 Å². The van der Waals surface area contributed by atoms with Crippen molar-refractivity contribution in [3.05, 3.63) is 72.9 Å². The summed E-state index contributed by atoms with van der Waals surface area (Å²) in [4.78, 5) is 26.5. The third-order valence-electron chi connectivity index (χ3n) is 13.6. The first-order valence-corrected chi connectivity index (χ1v) is 29.7. The van der Waals surface area contributed by atoms with Gasteiger partial charge in [0.25, 0.3) is 0 Å². The number of carbonyl (C=O) groups is 2. The predicted octanol–water partition coefficient (Wildman–Crippen LogP) is 13.6. The molecule has 0 spiro atoms. The van der Waals surface area contributed by atoms with Crippen molar-refractivity contribution in [2.45, 2.75) is 294 Å². The zero-order chi connectivity index (χ0) is 53.3. The van der Waals surface area contributed by atoms with Crippen molar-refractivity contribution in [1.82, 2.24) is 5.32 Å². The second-order valence-electron chi connectivity index (χ2n) is 20.4. The molecule has 0 aliphatic carbocycles. The molecule has 1 amide bonds. The number of esters is 1. The van der Waals surface area contributed by atoms with Crippen LogP contribution in [0.3, 0.4) is 0 Å². The monoisotopic (exact) mass is 1030 g/mol. The van der Waals surface area contributed by atoms with Gasteiger partial charge in [-0.1, -0.05) is 248 Å². The molecule has 1 rings (SSSR count). The number of nitrogens with one attached hydrogen (secondary N) is 1. The molecule has 1 saturated heterocycles. The van der Waals surface area contributed by atoms with E-state index in [-0.39, 0.29) is 19.4 Å². The number of allylic oxidation sites excluding steroid dienone is 11. The Morgan fingerprint density at radius 1 is 0.548 bits per heavy atom. The fraction of sp³-hybridized carbons (Fsp3) is 0.774. The Bertz CT molecular complexity index is 1460. The summed E-state index contributed by atoms with van der Waals surface area (Å²) in [6.07, 6.45) is 52.4. The molecule has 1 aliphatic rings. The van der Waals surface area contributed by atoms with E-state index in [2.05, 4.69) is 74.7 Å². The maximum Gasteiger partial charge on any atom is 0.306 e. The summed E-state index contributed by atoms with van der Waals surface area (Å²) in [5.74, 6) is -1.26. The zero-order valence-electron chi connectivity index (χ0n) is 46.5. The molecule has 422 valence electrons. The van der Waals surface area contributed by atoms with Gasteiger partial charge in [-0.15, -0.1) is 0 Å². The molecule has 0 bridgehead atoms. The molecule has 8 atom stereocenters. The molecule has 1 fully saturated rings. The summed E-state index contributed by atoms with van der Waals surface area (Å²) < 4.78 is 17.5. The van der Waals surface area contributed by atoms with Crippen LogP contribution < -0.4 is 5.32 Å². The van der Waals surface area contributed by atoms with E-state index >= 15 is 0 Å². The highest BCUT2D eigenvalue weighted by Crippen LogP contribution is 2.26. The van der Waals surface area contributed by atoms with Gasteiger partial charge in [0.2, 0.25) is 5.91 Å². The Morgan fingerprint density at radius 3 is 1.47 bits per heavy atom. The number of aliphatic hydroxyl groups is 5. The van der Waals surface area contributed by atoms with E-state index < -0.39 is 67.4 Å². The molecule has 1 heterocycles. The molecular formula is C62H109NO10. The van der Waals surface area contributed by atoms with Gasteiger partial charge in [0.1, 0.15) is 24.4 Å². The van der Waals surface area contributed by atoms with Crippen LogP contribution in [0.4, 0.5) is 0 Å². The molecule has 0 saturated carbocycles. The van der Waals surface area contributed by atoms with Crippen molar-refractivity contribution in [3.8, 4) is 0 Å². The van der Waals surface area contributed by atoms with E-state index in [9.17, 15) is 35.1 Å². The summed E-state index contributed by atoms with van der Waals surface area (Å²) in [7, 11) is 0. The lowest BCUT2D eigenvalue weighted by Gasteiger charge is -2.41. The Labute approximate surface area is 445 Å². The predicted molar refractivity (Wildman–Crippen MR) is 301 cm³/mol. The fourth-order valence-electron chi connectivity index (χ4n) is 8.92. The first-order chi connectivity index (χ1) is 35.7. The number of unbranched alkanes of at least 4 members (excludes halogenated alkanes) is 25. The van der Waals surface area contributed by atoms with Gasteiger partial charge >= 0.3 is 5.97 Å². The lowest BCUT2D eigenvalue weighted by atomic mass is 9.99. The van der Waals surface area contributed by atoms with Crippen LogP contribution in [0.25, 0.3) is 0 Å². The van der Waals surface area contributed by atoms with Crippen molar-refractivity contribution in [3.63, 3.8) is 0 Å². The molecule has 0 aromatic rings. The maximum atomic E-state index is 13.4. The largest absolute Gasteiger partial charge is 0.454 e. The number of hydrogen-bond donors (Lipinski definition) is 6. The van der Waals surface area contributed by atoms with Crippen molar-refractivity contribution in [1.29, 1.82) is 0 Å². The topological polar surface area (TPSA) is 175 Å². The number of rotatable bonds is 49. The highest BCUT2D eigenvalue weighted by Gasteiger charge is 2.47. The smallest absolute Gasteiger partial charge is 0.306 e. The Kier molecular flexibility index (Phi) is 46.6. The molecule has 6 N–H and O–H groups in total. The third-order valence-corrected chi connectivity index (χ3v) is 13.6. The minimum absolute atomic E-state index is 0.0439. The molecular weight excluding hydrogens is 919 g/mol. The van der Waals surface area contributed by atoms with E-state index in [0.717, 1.165) is 70.6 Å². The fourth-order valence-corrected chi connectivity index (χ4v) is 8.92. The average molecular weight is 1030 g/mol. The Hall–Kier alpha value is -2.90. The first kappa shape index (κ1) is 68.1. The van der Waals surface area contributed by atoms with Crippen molar-refractivity contribution < 1.29 is 49.3 Å². The van der Waals surface area contributed by atoms with E-state index in [0.29, 0.717) is 19.3 Å². The van der Waals surface area contributed by atoms with Gasteiger partial charge in [0.05, 0.1) is 25.4 Å². The van der Waals surface area contributed by atoms with E-state index in [4.69, 9.17) is 14.2 Å². The minimum Gasteiger partial charge on any atom is -0.454 e. The quantitative estimate of drug-likeness (QED) is 0.0195. The number of amides is 1. The van der Waals surface area contributed by atoms with Crippen LogP contribution in [-0.4, -0.2) is 99.6 Å². The Morgan fingerprint density at radius 2 is 0.986 bits per heavy atom.